The molecule has 0 aromatic heterocycles. The molecule has 0 spiro atoms. The predicted molar refractivity (Wildman–Crippen MR) is 85.3 cm³/mol. The van der Waals surface area contributed by atoms with Gasteiger partial charge in [-0.15, -0.1) is 0 Å². The van der Waals surface area contributed by atoms with Crippen molar-refractivity contribution in [1.82, 2.24) is 0 Å². The lowest BCUT2D eigenvalue weighted by Gasteiger charge is -2.10. The Morgan fingerprint density at radius 2 is 1.74 bits per heavy atom. The summed E-state index contributed by atoms with van der Waals surface area (Å²) in [5.74, 6) is -1.10. The van der Waals surface area contributed by atoms with Crippen molar-refractivity contribution in [2.75, 3.05) is 18.7 Å². The predicted octanol–water partition coefficient (Wildman–Crippen LogP) is 2.13. The van der Waals surface area contributed by atoms with Crippen LogP contribution in [0.25, 0.3) is 0 Å². The fourth-order valence-electron chi connectivity index (χ4n) is 1.94. The van der Waals surface area contributed by atoms with Crippen LogP contribution in [-0.2, 0) is 14.6 Å². The number of anilines is 1. The van der Waals surface area contributed by atoms with Gasteiger partial charge in [0, 0.05) is 11.8 Å². The second kappa shape index (κ2) is 6.62. The van der Waals surface area contributed by atoms with Crippen LogP contribution in [0.4, 0.5) is 5.69 Å². The Hall–Kier alpha value is -2.67. The van der Waals surface area contributed by atoms with Crippen molar-refractivity contribution in [2.24, 2.45) is 0 Å². The molecular formula is C16H15NO5S. The van der Waals surface area contributed by atoms with Crippen molar-refractivity contribution in [2.45, 2.75) is 4.90 Å². The lowest BCUT2D eigenvalue weighted by atomic mass is 10.1. The van der Waals surface area contributed by atoms with Gasteiger partial charge in [-0.25, -0.2) is 13.2 Å². The summed E-state index contributed by atoms with van der Waals surface area (Å²) in [6.45, 7) is 0. The normalized spacial score (nSPS) is 10.9. The van der Waals surface area contributed by atoms with E-state index in [1.807, 2.05) is 0 Å². The van der Waals surface area contributed by atoms with E-state index in [2.05, 4.69) is 10.1 Å². The van der Waals surface area contributed by atoms with Crippen LogP contribution in [0.2, 0.25) is 0 Å². The van der Waals surface area contributed by atoms with Gasteiger partial charge in [-0.1, -0.05) is 18.2 Å². The standard InChI is InChI=1S/C16H15NO5S/c1-22-16(19)13-8-3-4-9-14(13)17-15(18)11-6-5-7-12(10-11)23(2,20)21/h3-10H,1-2H3,(H,17,18). The lowest BCUT2D eigenvalue weighted by Crippen LogP contribution is -2.15. The zero-order valence-electron chi connectivity index (χ0n) is 12.6. The summed E-state index contributed by atoms with van der Waals surface area (Å²) in [6, 6.07) is 12.1. The van der Waals surface area contributed by atoms with Crippen LogP contribution in [0, 0.1) is 0 Å². The number of sulfone groups is 1. The molecule has 2 rings (SSSR count). The van der Waals surface area contributed by atoms with E-state index in [9.17, 15) is 18.0 Å². The van der Waals surface area contributed by atoms with Crippen LogP contribution in [-0.4, -0.2) is 33.7 Å². The minimum atomic E-state index is -3.41. The minimum Gasteiger partial charge on any atom is -0.465 e. The van der Waals surface area contributed by atoms with Gasteiger partial charge in [0.05, 0.1) is 23.3 Å². The van der Waals surface area contributed by atoms with E-state index in [-0.39, 0.29) is 21.7 Å². The first-order chi connectivity index (χ1) is 10.8. The lowest BCUT2D eigenvalue weighted by molar-refractivity contribution is 0.0602. The topological polar surface area (TPSA) is 89.5 Å². The molecular weight excluding hydrogens is 318 g/mol. The molecule has 0 heterocycles. The molecule has 0 atom stereocenters. The molecule has 2 aromatic carbocycles. The maximum atomic E-state index is 12.3. The van der Waals surface area contributed by atoms with E-state index in [0.717, 1.165) is 6.26 Å². The Morgan fingerprint density at radius 3 is 2.39 bits per heavy atom. The number of rotatable bonds is 4. The number of carbonyl (C=O) groups is 2. The summed E-state index contributed by atoms with van der Waals surface area (Å²) in [5, 5.41) is 2.59. The van der Waals surface area contributed by atoms with Crippen LogP contribution < -0.4 is 5.32 Å². The van der Waals surface area contributed by atoms with E-state index >= 15 is 0 Å². The molecule has 0 unspecified atom stereocenters. The van der Waals surface area contributed by atoms with Crippen LogP contribution in [0.3, 0.4) is 0 Å². The summed E-state index contributed by atoms with van der Waals surface area (Å²) in [5.41, 5.74) is 0.671. The summed E-state index contributed by atoms with van der Waals surface area (Å²) >= 11 is 0. The number of hydrogen-bond acceptors (Lipinski definition) is 5. The Labute approximate surface area is 134 Å². The summed E-state index contributed by atoms with van der Waals surface area (Å²) in [4.78, 5) is 24.0. The van der Waals surface area contributed by atoms with Gasteiger partial charge in [0.15, 0.2) is 9.84 Å². The monoisotopic (exact) mass is 333 g/mol. The minimum absolute atomic E-state index is 0.0476. The van der Waals surface area contributed by atoms with Crippen LogP contribution in [0.5, 0.6) is 0 Å². The number of methoxy groups -OCH3 is 1. The molecule has 120 valence electrons. The fraction of sp³-hybridized carbons (Fsp3) is 0.125. The first-order valence-corrected chi connectivity index (χ1v) is 8.51. The molecule has 0 aliphatic rings. The van der Waals surface area contributed by atoms with Crippen LogP contribution in [0.15, 0.2) is 53.4 Å². The van der Waals surface area contributed by atoms with Crippen molar-refractivity contribution in [1.29, 1.82) is 0 Å². The van der Waals surface area contributed by atoms with Gasteiger partial charge in [0.25, 0.3) is 5.91 Å². The first-order valence-electron chi connectivity index (χ1n) is 6.62. The molecule has 0 saturated heterocycles. The van der Waals surface area contributed by atoms with Crippen molar-refractivity contribution in [3.05, 3.63) is 59.7 Å². The van der Waals surface area contributed by atoms with Gasteiger partial charge in [0.2, 0.25) is 0 Å². The maximum Gasteiger partial charge on any atom is 0.339 e. The molecule has 23 heavy (non-hydrogen) atoms. The molecule has 6 nitrogen and oxygen atoms in total. The molecule has 0 fully saturated rings. The molecule has 0 radical (unpaired) electrons. The highest BCUT2D eigenvalue weighted by atomic mass is 32.2. The van der Waals surface area contributed by atoms with Crippen LogP contribution in [0.1, 0.15) is 20.7 Å². The Bertz CT molecular complexity index is 858. The van der Waals surface area contributed by atoms with Gasteiger partial charge in [-0.05, 0) is 30.3 Å². The van der Waals surface area contributed by atoms with Gasteiger partial charge >= 0.3 is 5.97 Å². The van der Waals surface area contributed by atoms with Gasteiger partial charge in [-0.2, -0.15) is 0 Å². The number of esters is 1. The number of nitrogens with one attached hydrogen (secondary N) is 1. The maximum absolute atomic E-state index is 12.3. The fourth-order valence-corrected chi connectivity index (χ4v) is 2.61. The average Bonchev–Trinajstić information content (AvgIpc) is 2.54. The molecule has 0 bridgehead atoms. The molecule has 0 aliphatic heterocycles. The summed E-state index contributed by atoms with van der Waals surface area (Å²) in [7, 11) is -2.16. The number of ether oxygens (including phenoxy) is 1. The highest BCUT2D eigenvalue weighted by Crippen LogP contribution is 2.18. The molecule has 1 N–H and O–H groups in total. The molecule has 2 aromatic rings. The number of carbonyl (C=O) groups excluding carboxylic acids is 2. The second-order valence-corrected chi connectivity index (χ2v) is 6.81. The van der Waals surface area contributed by atoms with Gasteiger partial charge < -0.3 is 10.1 Å². The third-order valence-corrected chi connectivity index (χ3v) is 4.22. The third-order valence-electron chi connectivity index (χ3n) is 3.10. The summed E-state index contributed by atoms with van der Waals surface area (Å²) in [6.07, 6.45) is 1.07. The molecule has 0 aliphatic carbocycles. The number of hydrogen-bond donors (Lipinski definition) is 1. The van der Waals surface area contributed by atoms with Crippen molar-refractivity contribution in [3.8, 4) is 0 Å². The second-order valence-electron chi connectivity index (χ2n) is 4.79. The van der Waals surface area contributed by atoms with Crippen molar-refractivity contribution >= 4 is 27.4 Å². The number of para-hydroxylation sites is 1. The zero-order chi connectivity index (χ0) is 17.0. The van der Waals surface area contributed by atoms with E-state index in [1.54, 1.807) is 18.2 Å². The van der Waals surface area contributed by atoms with E-state index in [4.69, 9.17) is 0 Å². The molecule has 1 amide bonds. The molecule has 0 saturated carbocycles. The smallest absolute Gasteiger partial charge is 0.339 e. The van der Waals surface area contributed by atoms with E-state index < -0.39 is 21.7 Å². The Balaban J connectivity index is 2.32. The van der Waals surface area contributed by atoms with Crippen molar-refractivity contribution in [3.63, 3.8) is 0 Å². The van der Waals surface area contributed by atoms with E-state index in [0.29, 0.717) is 0 Å². The average molecular weight is 333 g/mol. The zero-order valence-corrected chi connectivity index (χ0v) is 13.4. The largest absolute Gasteiger partial charge is 0.465 e. The quantitative estimate of drug-likeness (QED) is 0.866. The SMILES string of the molecule is COC(=O)c1ccccc1NC(=O)c1cccc(S(C)(=O)=O)c1. The highest BCUT2D eigenvalue weighted by Gasteiger charge is 2.15. The van der Waals surface area contributed by atoms with Crippen molar-refractivity contribution < 1.29 is 22.7 Å². The Morgan fingerprint density at radius 1 is 1.04 bits per heavy atom. The van der Waals surface area contributed by atoms with Crippen LogP contribution >= 0.6 is 0 Å². The number of benzene rings is 2. The first kappa shape index (κ1) is 16.7. The third kappa shape index (κ3) is 3.95. The van der Waals surface area contributed by atoms with E-state index in [1.165, 1.54) is 37.4 Å². The number of amides is 1. The molecule has 7 heteroatoms. The summed E-state index contributed by atoms with van der Waals surface area (Å²) < 4.78 is 27.8. The Kier molecular flexibility index (Phi) is 4.80. The highest BCUT2D eigenvalue weighted by molar-refractivity contribution is 7.90. The van der Waals surface area contributed by atoms with Gasteiger partial charge in [0.1, 0.15) is 0 Å². The van der Waals surface area contributed by atoms with Gasteiger partial charge in [-0.3, -0.25) is 4.79 Å².